The molecule has 1 amide bonds. The van der Waals surface area contributed by atoms with Gasteiger partial charge in [0.1, 0.15) is 17.3 Å². The van der Waals surface area contributed by atoms with E-state index in [0.717, 1.165) is 54.3 Å². The first kappa shape index (κ1) is 30.8. The van der Waals surface area contributed by atoms with E-state index in [1.54, 1.807) is 20.8 Å². The molecule has 10 heteroatoms. The lowest BCUT2D eigenvalue weighted by atomic mass is 9.82. The summed E-state index contributed by atoms with van der Waals surface area (Å²) in [6.45, 7) is 8.11. The molecular formula is C31H43ClN4O5. The van der Waals surface area contributed by atoms with E-state index in [1.165, 1.54) is 0 Å². The second kappa shape index (κ2) is 12.0. The van der Waals surface area contributed by atoms with Crippen LogP contribution >= 0.6 is 12.4 Å². The number of aryl methyl sites for hydroxylation is 1. The van der Waals surface area contributed by atoms with E-state index >= 15 is 0 Å². The van der Waals surface area contributed by atoms with Gasteiger partial charge in [-0.25, -0.2) is 9.59 Å². The molecule has 2 unspecified atom stereocenters. The molecule has 1 aromatic heterocycles. The number of aromatic nitrogens is 1. The van der Waals surface area contributed by atoms with Gasteiger partial charge in [0.15, 0.2) is 12.5 Å². The van der Waals surface area contributed by atoms with Crippen LogP contribution in [0.4, 0.5) is 4.79 Å². The highest BCUT2D eigenvalue weighted by Gasteiger charge is 2.44. The molecule has 0 saturated heterocycles. The number of hydrogen-bond acceptors (Lipinski definition) is 7. The maximum Gasteiger partial charge on any atom is 0.408 e. The summed E-state index contributed by atoms with van der Waals surface area (Å²) in [4.78, 5) is 43.6. The van der Waals surface area contributed by atoms with E-state index in [2.05, 4.69) is 20.9 Å². The Kier molecular flexibility index (Phi) is 8.97. The molecule has 5 rings (SSSR count). The molecule has 1 aliphatic heterocycles. The van der Waals surface area contributed by atoms with Crippen LogP contribution in [-0.2, 0) is 27.7 Å². The highest BCUT2D eigenvalue weighted by atomic mass is 35.5. The number of rotatable bonds is 6. The number of nitrogens with zero attached hydrogens (tertiary/aromatic N) is 3. The fraction of sp³-hybridized carbons (Fsp3) is 0.581. The third kappa shape index (κ3) is 6.20. The Hall–Kier alpha value is -3.20. The van der Waals surface area contributed by atoms with Crippen LogP contribution in [0.25, 0.3) is 10.9 Å². The van der Waals surface area contributed by atoms with E-state index < -0.39 is 23.2 Å². The molecule has 2 heterocycles. The quantitative estimate of drug-likeness (QED) is 0.446. The van der Waals surface area contributed by atoms with Crippen LogP contribution in [0.3, 0.4) is 0 Å². The zero-order valence-corrected chi connectivity index (χ0v) is 25.6. The fourth-order valence-electron chi connectivity index (χ4n) is 6.37. The molecule has 1 aromatic carbocycles. The number of ether oxygens (including phenoxy) is 2. The van der Waals surface area contributed by atoms with Gasteiger partial charge in [-0.3, -0.25) is 4.79 Å². The number of esters is 1. The van der Waals surface area contributed by atoms with Crippen molar-refractivity contribution in [1.82, 2.24) is 19.7 Å². The second-order valence-corrected chi connectivity index (χ2v) is 12.5. The Morgan fingerprint density at radius 2 is 1.76 bits per heavy atom. The Morgan fingerprint density at radius 3 is 2.46 bits per heavy atom. The van der Waals surface area contributed by atoms with Gasteiger partial charge in [-0.1, -0.05) is 37.5 Å². The number of benzene rings is 1. The highest BCUT2D eigenvalue weighted by Crippen LogP contribution is 2.35. The van der Waals surface area contributed by atoms with Gasteiger partial charge in [0, 0.05) is 54.1 Å². The number of carbonyl (C=O) groups excluding carboxylic acids is 3. The summed E-state index contributed by atoms with van der Waals surface area (Å²) < 4.78 is 13.4. The molecule has 0 radical (unpaired) electrons. The molecule has 224 valence electrons. The van der Waals surface area contributed by atoms with Gasteiger partial charge in [0.05, 0.1) is 0 Å². The summed E-state index contributed by atoms with van der Waals surface area (Å²) >= 11 is 0. The van der Waals surface area contributed by atoms with Crippen molar-refractivity contribution in [2.75, 3.05) is 13.3 Å². The first-order valence-electron chi connectivity index (χ1n) is 14.5. The molecule has 2 aromatic rings. The minimum atomic E-state index is -1.07. The van der Waals surface area contributed by atoms with Crippen molar-refractivity contribution in [1.29, 1.82) is 0 Å². The van der Waals surface area contributed by atoms with Crippen molar-refractivity contribution in [3.63, 3.8) is 0 Å². The molecule has 1 saturated carbocycles. The molecule has 1 fully saturated rings. The molecular weight excluding hydrogens is 544 g/mol. The highest BCUT2D eigenvalue weighted by molar-refractivity contribution is 6.11. The summed E-state index contributed by atoms with van der Waals surface area (Å²) in [6, 6.07) is 8.11. The molecule has 2 aliphatic carbocycles. The number of Topliss-reactive ketones (excluding diaryl/α,β-unsaturated/α-hetero) is 1. The van der Waals surface area contributed by atoms with Gasteiger partial charge in [0.2, 0.25) is 0 Å². The Labute approximate surface area is 248 Å². The molecule has 1 N–H and O–H groups in total. The standard InChI is InChI=1S/C31H42N4O5.ClH/c1-21-34(19-22-13-14-25-26(27(22)36)23-11-7-8-12-24(23)33(25)5)17-18-35(21)20-39-28(37)31(15-9-6-10-16-31)32-29(38)40-30(2,3)4;/h7-8,11-12,17-18,21-22H,6,9-10,13-16,19-20H2,1-5H3,(H,32,38);1H. The van der Waals surface area contributed by atoms with Gasteiger partial charge < -0.3 is 29.2 Å². The maximum absolute atomic E-state index is 13.6. The summed E-state index contributed by atoms with van der Waals surface area (Å²) in [7, 11) is 2.04. The van der Waals surface area contributed by atoms with Crippen LogP contribution in [0.15, 0.2) is 36.7 Å². The van der Waals surface area contributed by atoms with E-state index in [1.807, 2.05) is 49.5 Å². The normalized spacial score (nSPS) is 21.8. The average Bonchev–Trinajstić information content (AvgIpc) is 3.40. The van der Waals surface area contributed by atoms with Gasteiger partial charge in [-0.05, 0) is 59.4 Å². The minimum Gasteiger partial charge on any atom is -0.444 e. The first-order chi connectivity index (χ1) is 19.0. The number of hydrogen-bond donors (Lipinski definition) is 1. The van der Waals surface area contributed by atoms with Crippen LogP contribution in [-0.4, -0.2) is 62.8 Å². The largest absolute Gasteiger partial charge is 0.444 e. The number of carbonyl (C=O) groups is 3. The van der Waals surface area contributed by atoms with Gasteiger partial charge in [0.25, 0.3) is 0 Å². The summed E-state index contributed by atoms with van der Waals surface area (Å²) in [5.74, 6) is -0.324. The van der Waals surface area contributed by atoms with Gasteiger partial charge >= 0.3 is 12.1 Å². The number of ketones is 1. The zero-order valence-electron chi connectivity index (χ0n) is 24.8. The number of halogens is 1. The predicted molar refractivity (Wildman–Crippen MR) is 160 cm³/mol. The predicted octanol–water partition coefficient (Wildman–Crippen LogP) is 5.51. The van der Waals surface area contributed by atoms with Crippen LogP contribution in [0, 0.1) is 5.92 Å². The molecule has 0 spiro atoms. The topological polar surface area (TPSA) is 93.1 Å². The monoisotopic (exact) mass is 586 g/mol. The van der Waals surface area contributed by atoms with Gasteiger partial charge in [-0.15, -0.1) is 12.4 Å². The SMILES string of the molecule is CC1N(COC(=O)C2(NC(=O)OC(C)(C)C)CCCCC2)C=CN1CC1CCc2c(c3ccccc3n2C)C1=O.Cl. The van der Waals surface area contributed by atoms with E-state index in [0.29, 0.717) is 19.4 Å². The number of amides is 1. The molecule has 2 atom stereocenters. The van der Waals surface area contributed by atoms with Crippen LogP contribution < -0.4 is 5.32 Å². The Morgan fingerprint density at radius 1 is 1.07 bits per heavy atom. The van der Waals surface area contributed by atoms with Crippen LogP contribution in [0.5, 0.6) is 0 Å². The average molecular weight is 587 g/mol. The van der Waals surface area contributed by atoms with Gasteiger partial charge in [-0.2, -0.15) is 0 Å². The third-order valence-electron chi connectivity index (χ3n) is 8.60. The van der Waals surface area contributed by atoms with E-state index in [-0.39, 0.29) is 37.0 Å². The zero-order chi connectivity index (χ0) is 28.7. The third-order valence-corrected chi connectivity index (χ3v) is 8.60. The number of alkyl carbamates (subject to hydrolysis) is 1. The lowest BCUT2D eigenvalue weighted by molar-refractivity contribution is -0.158. The Balaban J connectivity index is 0.00000387. The fourth-order valence-corrected chi connectivity index (χ4v) is 6.37. The van der Waals surface area contributed by atoms with E-state index in [9.17, 15) is 14.4 Å². The number of nitrogens with one attached hydrogen (secondary N) is 1. The summed E-state index contributed by atoms with van der Waals surface area (Å²) in [6.07, 6.45) is 8.64. The maximum atomic E-state index is 13.6. The molecule has 3 aliphatic rings. The lowest BCUT2D eigenvalue weighted by Crippen LogP contribution is -2.57. The van der Waals surface area contributed by atoms with Crippen molar-refractivity contribution in [3.8, 4) is 0 Å². The number of fused-ring (bicyclic) bond motifs is 3. The van der Waals surface area contributed by atoms with Crippen LogP contribution in [0.1, 0.15) is 82.3 Å². The minimum absolute atomic E-state index is 0. The summed E-state index contributed by atoms with van der Waals surface area (Å²) in [5.41, 5.74) is 1.36. The lowest BCUT2D eigenvalue weighted by Gasteiger charge is -2.37. The number of para-hydroxylation sites is 1. The second-order valence-electron chi connectivity index (χ2n) is 12.5. The smallest absolute Gasteiger partial charge is 0.408 e. The van der Waals surface area contributed by atoms with Crippen molar-refractivity contribution in [3.05, 3.63) is 47.9 Å². The van der Waals surface area contributed by atoms with Crippen LogP contribution in [0.2, 0.25) is 0 Å². The van der Waals surface area contributed by atoms with Crippen molar-refractivity contribution < 1.29 is 23.9 Å². The first-order valence-corrected chi connectivity index (χ1v) is 14.5. The molecule has 9 nitrogen and oxygen atoms in total. The summed E-state index contributed by atoms with van der Waals surface area (Å²) in [5, 5.41) is 3.88. The Bertz CT molecular complexity index is 1320. The van der Waals surface area contributed by atoms with E-state index in [4.69, 9.17) is 9.47 Å². The van der Waals surface area contributed by atoms with Crippen molar-refractivity contribution in [2.45, 2.75) is 89.9 Å². The molecule has 0 bridgehead atoms. The van der Waals surface area contributed by atoms with Crippen molar-refractivity contribution in [2.24, 2.45) is 13.0 Å². The van der Waals surface area contributed by atoms with Crippen molar-refractivity contribution >= 4 is 41.2 Å². The molecule has 41 heavy (non-hydrogen) atoms.